The zero-order valence-corrected chi connectivity index (χ0v) is 10.7. The number of para-hydroxylation sites is 1. The normalized spacial score (nSPS) is 10.6. The average molecular weight is 249 g/mol. The van der Waals surface area contributed by atoms with Gasteiger partial charge in [-0.15, -0.1) is 0 Å². The molecule has 1 heterocycles. The minimum Gasteiger partial charge on any atom is -0.399 e. The van der Waals surface area contributed by atoms with Crippen LogP contribution in [0.15, 0.2) is 60.8 Å². The average Bonchev–Trinajstić information content (AvgIpc) is 2.89. The van der Waals surface area contributed by atoms with Crippen LogP contribution in [-0.2, 0) is 0 Å². The molecule has 0 atom stereocenters. The van der Waals surface area contributed by atoms with Crippen LogP contribution < -0.4 is 5.73 Å². The number of nitrogen functional groups attached to an aromatic ring is 1. The molecule has 3 rings (SSSR count). The molecule has 0 spiro atoms. The zero-order chi connectivity index (χ0) is 13.2. The lowest BCUT2D eigenvalue weighted by Crippen LogP contribution is -1.99. The molecular weight excluding hydrogens is 234 g/mol. The summed E-state index contributed by atoms with van der Waals surface area (Å²) < 4.78 is 1.94. The molecular formula is C16H15N3. The first kappa shape index (κ1) is 11.5. The summed E-state index contributed by atoms with van der Waals surface area (Å²) in [5.74, 6) is 0. The SMILES string of the molecule is Cc1cc(N)ccc1-c1ccnn1-c1ccccc1. The van der Waals surface area contributed by atoms with Crippen molar-refractivity contribution in [3.63, 3.8) is 0 Å². The Bertz CT molecular complexity index is 699. The predicted octanol–water partition coefficient (Wildman–Crippen LogP) is 3.43. The summed E-state index contributed by atoms with van der Waals surface area (Å²) in [5.41, 5.74) is 11.0. The van der Waals surface area contributed by atoms with Crippen molar-refractivity contribution in [1.29, 1.82) is 0 Å². The molecule has 94 valence electrons. The van der Waals surface area contributed by atoms with Crippen molar-refractivity contribution in [2.75, 3.05) is 5.73 Å². The first-order valence-electron chi connectivity index (χ1n) is 6.21. The summed E-state index contributed by atoms with van der Waals surface area (Å²) >= 11 is 0. The molecule has 2 aromatic carbocycles. The molecule has 0 saturated heterocycles. The van der Waals surface area contributed by atoms with Gasteiger partial charge in [-0.25, -0.2) is 4.68 Å². The molecule has 0 aliphatic carbocycles. The van der Waals surface area contributed by atoms with Crippen LogP contribution in [-0.4, -0.2) is 9.78 Å². The van der Waals surface area contributed by atoms with Gasteiger partial charge in [0.1, 0.15) is 0 Å². The Hall–Kier alpha value is -2.55. The number of benzene rings is 2. The fourth-order valence-electron chi connectivity index (χ4n) is 2.26. The molecule has 1 aromatic heterocycles. The first-order chi connectivity index (χ1) is 9.25. The number of aryl methyl sites for hydroxylation is 1. The lowest BCUT2D eigenvalue weighted by Gasteiger charge is -2.10. The van der Waals surface area contributed by atoms with E-state index in [2.05, 4.69) is 12.0 Å². The third kappa shape index (κ3) is 2.10. The maximum Gasteiger partial charge on any atom is 0.0743 e. The molecule has 0 fully saturated rings. The quantitative estimate of drug-likeness (QED) is 0.707. The van der Waals surface area contributed by atoms with E-state index in [1.54, 1.807) is 0 Å². The van der Waals surface area contributed by atoms with Crippen LogP contribution >= 0.6 is 0 Å². The molecule has 3 heteroatoms. The van der Waals surface area contributed by atoms with E-state index in [0.29, 0.717) is 0 Å². The van der Waals surface area contributed by atoms with Gasteiger partial charge in [0, 0.05) is 11.3 Å². The molecule has 2 N–H and O–H groups in total. The molecule has 0 amide bonds. The third-order valence-corrected chi connectivity index (χ3v) is 3.17. The van der Waals surface area contributed by atoms with E-state index in [1.807, 2.05) is 65.5 Å². The highest BCUT2D eigenvalue weighted by atomic mass is 15.3. The minimum atomic E-state index is 0.784. The minimum absolute atomic E-state index is 0.784. The Labute approximate surface area is 112 Å². The molecule has 0 saturated carbocycles. The lowest BCUT2D eigenvalue weighted by molar-refractivity contribution is 0.887. The molecule has 3 nitrogen and oxygen atoms in total. The highest BCUT2D eigenvalue weighted by Crippen LogP contribution is 2.26. The number of nitrogens with two attached hydrogens (primary N) is 1. The largest absolute Gasteiger partial charge is 0.399 e. The van der Waals surface area contributed by atoms with Crippen LogP contribution in [0.2, 0.25) is 0 Å². The Morgan fingerprint density at radius 3 is 2.53 bits per heavy atom. The summed E-state index contributed by atoms with van der Waals surface area (Å²) in [6.45, 7) is 2.06. The van der Waals surface area contributed by atoms with Gasteiger partial charge in [-0.3, -0.25) is 0 Å². The van der Waals surface area contributed by atoms with Gasteiger partial charge in [0.2, 0.25) is 0 Å². The number of rotatable bonds is 2. The van der Waals surface area contributed by atoms with E-state index >= 15 is 0 Å². The number of hydrogen-bond acceptors (Lipinski definition) is 2. The Morgan fingerprint density at radius 2 is 1.79 bits per heavy atom. The standard InChI is InChI=1S/C16H15N3/c1-12-11-13(17)7-8-15(12)16-9-10-18-19(16)14-5-3-2-4-6-14/h2-11H,17H2,1H3. The third-order valence-electron chi connectivity index (χ3n) is 3.17. The van der Waals surface area contributed by atoms with E-state index in [-0.39, 0.29) is 0 Å². The van der Waals surface area contributed by atoms with Crippen molar-refractivity contribution in [1.82, 2.24) is 9.78 Å². The number of anilines is 1. The van der Waals surface area contributed by atoms with Crippen molar-refractivity contribution in [2.45, 2.75) is 6.92 Å². The molecule has 0 aliphatic rings. The van der Waals surface area contributed by atoms with E-state index in [0.717, 1.165) is 28.2 Å². The molecule has 0 aliphatic heterocycles. The van der Waals surface area contributed by atoms with Crippen molar-refractivity contribution >= 4 is 5.69 Å². The van der Waals surface area contributed by atoms with Crippen LogP contribution in [0.4, 0.5) is 5.69 Å². The van der Waals surface area contributed by atoms with Gasteiger partial charge < -0.3 is 5.73 Å². The fraction of sp³-hybridized carbons (Fsp3) is 0.0625. The number of aromatic nitrogens is 2. The van der Waals surface area contributed by atoms with Crippen molar-refractivity contribution in [2.24, 2.45) is 0 Å². The maximum absolute atomic E-state index is 5.81. The van der Waals surface area contributed by atoms with Gasteiger partial charge >= 0.3 is 0 Å². The van der Waals surface area contributed by atoms with Crippen molar-refractivity contribution < 1.29 is 0 Å². The van der Waals surface area contributed by atoms with Gasteiger partial charge in [-0.1, -0.05) is 24.3 Å². The van der Waals surface area contributed by atoms with Gasteiger partial charge in [0.25, 0.3) is 0 Å². The summed E-state index contributed by atoms with van der Waals surface area (Å²) in [5, 5.41) is 4.41. The zero-order valence-electron chi connectivity index (χ0n) is 10.7. The molecule has 0 bridgehead atoms. The van der Waals surface area contributed by atoms with Crippen LogP contribution in [0.25, 0.3) is 16.9 Å². The number of nitrogens with zero attached hydrogens (tertiary/aromatic N) is 2. The smallest absolute Gasteiger partial charge is 0.0743 e. The fourth-order valence-corrected chi connectivity index (χ4v) is 2.26. The summed E-state index contributed by atoms with van der Waals surface area (Å²) in [7, 11) is 0. The highest BCUT2D eigenvalue weighted by Gasteiger charge is 2.09. The van der Waals surface area contributed by atoms with E-state index in [4.69, 9.17) is 5.73 Å². The van der Waals surface area contributed by atoms with Crippen LogP contribution in [0, 0.1) is 6.92 Å². The topological polar surface area (TPSA) is 43.8 Å². The second-order valence-corrected chi connectivity index (χ2v) is 4.54. The summed E-state index contributed by atoms with van der Waals surface area (Å²) in [6, 6.07) is 18.1. The van der Waals surface area contributed by atoms with E-state index < -0.39 is 0 Å². The first-order valence-corrected chi connectivity index (χ1v) is 6.21. The van der Waals surface area contributed by atoms with Crippen LogP contribution in [0.1, 0.15) is 5.56 Å². The van der Waals surface area contributed by atoms with E-state index in [1.165, 1.54) is 0 Å². The molecule has 19 heavy (non-hydrogen) atoms. The van der Waals surface area contributed by atoms with Gasteiger partial charge in [0.15, 0.2) is 0 Å². The highest BCUT2D eigenvalue weighted by molar-refractivity contribution is 5.68. The van der Waals surface area contributed by atoms with Crippen molar-refractivity contribution in [3.8, 4) is 16.9 Å². The second kappa shape index (κ2) is 4.61. The Morgan fingerprint density at radius 1 is 1.00 bits per heavy atom. The van der Waals surface area contributed by atoms with Gasteiger partial charge in [-0.2, -0.15) is 5.10 Å². The van der Waals surface area contributed by atoms with Gasteiger partial charge in [-0.05, 0) is 42.8 Å². The monoisotopic (exact) mass is 249 g/mol. The predicted molar refractivity (Wildman–Crippen MR) is 78.1 cm³/mol. The lowest BCUT2D eigenvalue weighted by atomic mass is 10.0. The van der Waals surface area contributed by atoms with Crippen LogP contribution in [0.5, 0.6) is 0 Å². The Kier molecular flexibility index (Phi) is 2.80. The van der Waals surface area contributed by atoms with E-state index in [9.17, 15) is 0 Å². The van der Waals surface area contributed by atoms with Crippen LogP contribution in [0.3, 0.4) is 0 Å². The Balaban J connectivity index is 2.15. The second-order valence-electron chi connectivity index (χ2n) is 4.54. The maximum atomic E-state index is 5.81. The summed E-state index contributed by atoms with van der Waals surface area (Å²) in [6.07, 6.45) is 1.82. The van der Waals surface area contributed by atoms with Gasteiger partial charge in [0.05, 0.1) is 17.6 Å². The molecule has 0 unspecified atom stereocenters. The van der Waals surface area contributed by atoms with Crippen molar-refractivity contribution in [3.05, 3.63) is 66.4 Å². The number of hydrogen-bond donors (Lipinski definition) is 1. The molecule has 3 aromatic rings. The summed E-state index contributed by atoms with van der Waals surface area (Å²) in [4.78, 5) is 0. The molecule has 0 radical (unpaired) electrons.